The fourth-order valence-corrected chi connectivity index (χ4v) is 1.54. The van der Waals surface area contributed by atoms with Gasteiger partial charge >= 0.3 is 0 Å². The standard InChI is InChI=1S/C10H10FNO2/c1-12-6-14-10-4-7(11)2-3-8(10)9(12)5-13/h2-5,9H,6H2,1H3. The van der Waals surface area contributed by atoms with Crippen molar-refractivity contribution in [1.29, 1.82) is 0 Å². The minimum Gasteiger partial charge on any atom is -0.478 e. The molecule has 0 aliphatic carbocycles. The number of likely N-dealkylation sites (N-methyl/N-ethyl adjacent to an activating group) is 1. The first kappa shape index (κ1) is 9.15. The zero-order valence-corrected chi connectivity index (χ0v) is 7.74. The summed E-state index contributed by atoms with van der Waals surface area (Å²) < 4.78 is 18.1. The maximum Gasteiger partial charge on any atom is 0.142 e. The number of fused-ring (bicyclic) bond motifs is 1. The molecule has 4 heteroatoms. The van der Waals surface area contributed by atoms with Crippen LogP contribution in [0.2, 0.25) is 0 Å². The third-order valence-electron chi connectivity index (χ3n) is 2.32. The summed E-state index contributed by atoms with van der Waals surface area (Å²) in [6.45, 7) is 0.305. The Morgan fingerprint density at radius 1 is 1.64 bits per heavy atom. The molecule has 0 N–H and O–H groups in total. The average Bonchev–Trinajstić information content (AvgIpc) is 2.18. The molecule has 1 atom stereocenters. The SMILES string of the molecule is CN1COc2cc(F)ccc2C1C=O. The van der Waals surface area contributed by atoms with Crippen molar-refractivity contribution in [3.63, 3.8) is 0 Å². The molecule has 0 radical (unpaired) electrons. The summed E-state index contributed by atoms with van der Waals surface area (Å²) in [6, 6.07) is 3.88. The predicted molar refractivity (Wildman–Crippen MR) is 48.5 cm³/mol. The van der Waals surface area contributed by atoms with Gasteiger partial charge in [-0.2, -0.15) is 0 Å². The molecule has 0 amide bonds. The van der Waals surface area contributed by atoms with Gasteiger partial charge in [0.25, 0.3) is 0 Å². The Morgan fingerprint density at radius 2 is 2.43 bits per heavy atom. The van der Waals surface area contributed by atoms with E-state index >= 15 is 0 Å². The van der Waals surface area contributed by atoms with E-state index in [1.165, 1.54) is 12.1 Å². The van der Waals surface area contributed by atoms with Crippen LogP contribution in [0.15, 0.2) is 18.2 Å². The molecule has 0 fully saturated rings. The molecule has 0 saturated carbocycles. The second-order valence-corrected chi connectivity index (χ2v) is 3.29. The summed E-state index contributed by atoms with van der Waals surface area (Å²) in [4.78, 5) is 12.6. The van der Waals surface area contributed by atoms with Crippen molar-refractivity contribution in [2.45, 2.75) is 6.04 Å². The van der Waals surface area contributed by atoms with Gasteiger partial charge in [-0.1, -0.05) is 6.07 Å². The molecule has 0 saturated heterocycles. The molecule has 1 aliphatic rings. The normalized spacial score (nSPS) is 21.1. The zero-order chi connectivity index (χ0) is 10.1. The monoisotopic (exact) mass is 195 g/mol. The molecule has 1 aromatic carbocycles. The molecule has 14 heavy (non-hydrogen) atoms. The maximum atomic E-state index is 12.8. The van der Waals surface area contributed by atoms with Gasteiger partial charge in [0.2, 0.25) is 0 Å². The molecular weight excluding hydrogens is 185 g/mol. The number of ether oxygens (including phenoxy) is 1. The molecule has 1 aliphatic heterocycles. The smallest absolute Gasteiger partial charge is 0.142 e. The predicted octanol–water partition coefficient (Wildman–Crippen LogP) is 1.35. The van der Waals surface area contributed by atoms with E-state index in [1.807, 2.05) is 0 Å². The van der Waals surface area contributed by atoms with Crippen molar-refractivity contribution in [2.24, 2.45) is 0 Å². The number of nitrogens with zero attached hydrogens (tertiary/aromatic N) is 1. The molecule has 2 rings (SSSR count). The van der Waals surface area contributed by atoms with Crippen LogP contribution in [-0.4, -0.2) is 25.0 Å². The summed E-state index contributed by atoms with van der Waals surface area (Å²) >= 11 is 0. The molecule has 3 nitrogen and oxygen atoms in total. The molecule has 0 aromatic heterocycles. The van der Waals surface area contributed by atoms with Gasteiger partial charge in [-0.05, 0) is 13.1 Å². The van der Waals surface area contributed by atoms with Crippen LogP contribution in [0.3, 0.4) is 0 Å². The van der Waals surface area contributed by atoms with E-state index in [4.69, 9.17) is 4.74 Å². The van der Waals surface area contributed by atoms with E-state index in [1.54, 1.807) is 18.0 Å². The first-order chi connectivity index (χ1) is 6.72. The summed E-state index contributed by atoms with van der Waals surface area (Å²) in [5.41, 5.74) is 0.718. The highest BCUT2D eigenvalue weighted by molar-refractivity contribution is 5.64. The summed E-state index contributed by atoms with van der Waals surface area (Å²) in [7, 11) is 1.78. The molecule has 0 bridgehead atoms. The van der Waals surface area contributed by atoms with E-state index in [-0.39, 0.29) is 11.9 Å². The number of carbonyl (C=O) groups excluding carboxylic acids is 1. The van der Waals surface area contributed by atoms with Crippen LogP contribution in [0.25, 0.3) is 0 Å². The van der Waals surface area contributed by atoms with Crippen molar-refractivity contribution in [2.75, 3.05) is 13.8 Å². The molecule has 1 heterocycles. The van der Waals surface area contributed by atoms with E-state index in [0.29, 0.717) is 12.5 Å². The Labute approximate surface area is 81.1 Å². The van der Waals surface area contributed by atoms with Gasteiger partial charge in [-0.25, -0.2) is 4.39 Å². The summed E-state index contributed by atoms with van der Waals surface area (Å²) in [5.74, 6) is 0.109. The van der Waals surface area contributed by atoms with E-state index < -0.39 is 0 Å². The van der Waals surface area contributed by atoms with Gasteiger partial charge in [-0.3, -0.25) is 4.90 Å². The minimum absolute atomic E-state index is 0.305. The second-order valence-electron chi connectivity index (χ2n) is 3.29. The van der Waals surface area contributed by atoms with Crippen LogP contribution in [-0.2, 0) is 4.79 Å². The van der Waals surface area contributed by atoms with Crippen LogP contribution in [0.4, 0.5) is 4.39 Å². The lowest BCUT2D eigenvalue weighted by Crippen LogP contribution is -2.34. The molecule has 0 spiro atoms. The molecule has 74 valence electrons. The van der Waals surface area contributed by atoms with Gasteiger partial charge in [0.15, 0.2) is 0 Å². The van der Waals surface area contributed by atoms with Gasteiger partial charge < -0.3 is 9.53 Å². The first-order valence-corrected chi connectivity index (χ1v) is 4.30. The third kappa shape index (κ3) is 1.37. The largest absolute Gasteiger partial charge is 0.478 e. The number of carbonyl (C=O) groups is 1. The number of hydrogen-bond donors (Lipinski definition) is 0. The highest BCUT2D eigenvalue weighted by Gasteiger charge is 2.25. The van der Waals surface area contributed by atoms with E-state index in [9.17, 15) is 9.18 Å². The van der Waals surface area contributed by atoms with Crippen LogP contribution in [0, 0.1) is 5.82 Å². The van der Waals surface area contributed by atoms with Crippen LogP contribution < -0.4 is 4.74 Å². The molecule has 1 aromatic rings. The number of rotatable bonds is 1. The van der Waals surface area contributed by atoms with Crippen LogP contribution >= 0.6 is 0 Å². The van der Waals surface area contributed by atoms with Crippen molar-refractivity contribution in [1.82, 2.24) is 4.90 Å². The van der Waals surface area contributed by atoms with Crippen LogP contribution in [0.1, 0.15) is 11.6 Å². The minimum atomic E-state index is -0.349. The third-order valence-corrected chi connectivity index (χ3v) is 2.32. The Balaban J connectivity index is 2.46. The Kier molecular flexibility index (Phi) is 2.21. The number of halogens is 1. The fraction of sp³-hybridized carbons (Fsp3) is 0.300. The topological polar surface area (TPSA) is 29.5 Å². The van der Waals surface area contributed by atoms with E-state index in [0.717, 1.165) is 11.8 Å². The van der Waals surface area contributed by atoms with Gasteiger partial charge in [0, 0.05) is 11.6 Å². The van der Waals surface area contributed by atoms with E-state index in [2.05, 4.69) is 0 Å². The lowest BCUT2D eigenvalue weighted by atomic mass is 10.0. The average molecular weight is 195 g/mol. The first-order valence-electron chi connectivity index (χ1n) is 4.30. The van der Waals surface area contributed by atoms with Gasteiger partial charge in [-0.15, -0.1) is 0 Å². The fourth-order valence-electron chi connectivity index (χ4n) is 1.54. The summed E-state index contributed by atoms with van der Waals surface area (Å²) in [5, 5.41) is 0. The highest BCUT2D eigenvalue weighted by atomic mass is 19.1. The quantitative estimate of drug-likeness (QED) is 0.633. The Morgan fingerprint density at radius 3 is 3.14 bits per heavy atom. The number of benzene rings is 1. The molecular formula is C10H10FNO2. The second kappa shape index (κ2) is 3.38. The zero-order valence-electron chi connectivity index (χ0n) is 7.74. The highest BCUT2D eigenvalue weighted by Crippen LogP contribution is 2.32. The van der Waals surface area contributed by atoms with Crippen LogP contribution in [0.5, 0.6) is 5.75 Å². The van der Waals surface area contributed by atoms with Crippen molar-refractivity contribution in [3.05, 3.63) is 29.6 Å². The molecule has 1 unspecified atom stereocenters. The van der Waals surface area contributed by atoms with Gasteiger partial charge in [0.1, 0.15) is 24.6 Å². The van der Waals surface area contributed by atoms with Crippen molar-refractivity contribution in [3.8, 4) is 5.75 Å². The van der Waals surface area contributed by atoms with Crippen molar-refractivity contribution < 1.29 is 13.9 Å². The van der Waals surface area contributed by atoms with Gasteiger partial charge in [0.05, 0.1) is 6.04 Å². The number of hydrogen-bond acceptors (Lipinski definition) is 3. The van der Waals surface area contributed by atoms with Crippen molar-refractivity contribution >= 4 is 6.29 Å². The Bertz CT molecular complexity index is 367. The lowest BCUT2D eigenvalue weighted by molar-refractivity contribution is -0.114. The maximum absolute atomic E-state index is 12.8. The lowest BCUT2D eigenvalue weighted by Gasteiger charge is -2.30. The summed E-state index contributed by atoms with van der Waals surface area (Å²) in [6.07, 6.45) is 0.833. The number of aldehydes is 1. The Hall–Kier alpha value is -1.42.